The zero-order chi connectivity index (χ0) is 18.6. The molecule has 0 unspecified atom stereocenters. The van der Waals surface area contributed by atoms with Crippen molar-refractivity contribution in [3.05, 3.63) is 72.3 Å². The van der Waals surface area contributed by atoms with E-state index in [4.69, 9.17) is 9.47 Å². The smallest absolute Gasteiger partial charge is 0.330 e. The summed E-state index contributed by atoms with van der Waals surface area (Å²) in [4.78, 5) is 23.2. The van der Waals surface area contributed by atoms with E-state index in [1.165, 1.54) is 5.56 Å². The Labute approximate surface area is 153 Å². The normalized spacial score (nSPS) is 10.5. The molecular formula is C21H23NO4. The fraction of sp³-hybridized carbons (Fsp3) is 0.238. The summed E-state index contributed by atoms with van der Waals surface area (Å²) in [6.07, 6.45) is 4.04. The summed E-state index contributed by atoms with van der Waals surface area (Å²) in [6, 6.07) is 17.4. The van der Waals surface area contributed by atoms with Gasteiger partial charge in [-0.05, 0) is 37.5 Å². The number of nitrogens with one attached hydrogen (secondary N) is 1. The van der Waals surface area contributed by atoms with Gasteiger partial charge in [0.1, 0.15) is 5.75 Å². The molecule has 0 saturated carbocycles. The Hall–Kier alpha value is -3.08. The van der Waals surface area contributed by atoms with Gasteiger partial charge >= 0.3 is 5.97 Å². The third kappa shape index (κ3) is 6.81. The first-order valence-corrected chi connectivity index (χ1v) is 8.60. The molecule has 1 amide bonds. The van der Waals surface area contributed by atoms with Gasteiger partial charge in [0.15, 0.2) is 0 Å². The number of benzene rings is 2. The van der Waals surface area contributed by atoms with E-state index in [9.17, 15) is 9.59 Å². The van der Waals surface area contributed by atoms with Crippen molar-refractivity contribution in [2.24, 2.45) is 0 Å². The molecule has 0 radical (unpaired) electrons. The molecule has 5 heteroatoms. The molecule has 0 atom stereocenters. The van der Waals surface area contributed by atoms with Crippen molar-refractivity contribution in [1.82, 2.24) is 0 Å². The Balaban J connectivity index is 1.84. The quantitative estimate of drug-likeness (QED) is 0.424. The fourth-order valence-electron chi connectivity index (χ4n) is 2.31. The maximum Gasteiger partial charge on any atom is 0.330 e. The maximum absolute atomic E-state index is 11.9. The summed E-state index contributed by atoms with van der Waals surface area (Å²) in [5, 5.41) is 2.71. The second-order valence-electron chi connectivity index (χ2n) is 5.51. The highest BCUT2D eigenvalue weighted by atomic mass is 16.5. The summed E-state index contributed by atoms with van der Waals surface area (Å²) in [5.41, 5.74) is 1.83. The lowest BCUT2D eigenvalue weighted by Gasteiger charge is -2.11. The molecule has 5 nitrogen and oxygen atoms in total. The predicted molar refractivity (Wildman–Crippen MR) is 101 cm³/mol. The van der Waals surface area contributed by atoms with Gasteiger partial charge in [-0.1, -0.05) is 42.5 Å². The van der Waals surface area contributed by atoms with Crippen molar-refractivity contribution in [1.29, 1.82) is 0 Å². The fourth-order valence-corrected chi connectivity index (χ4v) is 2.31. The van der Waals surface area contributed by atoms with Gasteiger partial charge in [0.2, 0.25) is 5.91 Å². The second kappa shape index (κ2) is 10.7. The van der Waals surface area contributed by atoms with Gasteiger partial charge in [0, 0.05) is 12.2 Å². The number of rotatable bonds is 9. The molecule has 0 bridgehead atoms. The number of carbonyl (C=O) groups is 2. The van der Waals surface area contributed by atoms with Gasteiger partial charge < -0.3 is 14.8 Å². The molecule has 2 aromatic rings. The summed E-state index contributed by atoms with van der Waals surface area (Å²) >= 11 is 0. The van der Waals surface area contributed by atoms with E-state index in [1.807, 2.05) is 30.3 Å². The highest BCUT2D eigenvalue weighted by Crippen LogP contribution is 2.24. The van der Waals surface area contributed by atoms with E-state index in [0.717, 1.165) is 25.0 Å². The summed E-state index contributed by atoms with van der Waals surface area (Å²) in [5.74, 6) is -0.370. The third-order valence-electron chi connectivity index (χ3n) is 3.51. The highest BCUT2D eigenvalue weighted by Gasteiger charge is 2.06. The van der Waals surface area contributed by atoms with Crippen LogP contribution in [-0.4, -0.2) is 25.1 Å². The van der Waals surface area contributed by atoms with Gasteiger partial charge in [-0.2, -0.15) is 0 Å². The highest BCUT2D eigenvalue weighted by molar-refractivity contribution is 6.03. The summed E-state index contributed by atoms with van der Waals surface area (Å²) in [7, 11) is 0. The second-order valence-corrected chi connectivity index (χ2v) is 5.51. The van der Waals surface area contributed by atoms with E-state index in [0.29, 0.717) is 18.0 Å². The minimum Gasteiger partial charge on any atom is -0.491 e. The lowest BCUT2D eigenvalue weighted by Crippen LogP contribution is -2.11. The Kier molecular flexibility index (Phi) is 7.93. The number of ether oxygens (including phenoxy) is 2. The van der Waals surface area contributed by atoms with Crippen LogP contribution in [0.25, 0.3) is 0 Å². The monoisotopic (exact) mass is 353 g/mol. The zero-order valence-corrected chi connectivity index (χ0v) is 14.8. The Morgan fingerprint density at radius 3 is 2.50 bits per heavy atom. The summed E-state index contributed by atoms with van der Waals surface area (Å²) in [6.45, 7) is 2.52. The summed E-state index contributed by atoms with van der Waals surface area (Å²) < 4.78 is 10.5. The van der Waals surface area contributed by atoms with E-state index < -0.39 is 11.9 Å². The average Bonchev–Trinajstić information content (AvgIpc) is 2.66. The Morgan fingerprint density at radius 2 is 1.73 bits per heavy atom. The van der Waals surface area contributed by atoms with Crippen LogP contribution >= 0.6 is 0 Å². The van der Waals surface area contributed by atoms with Crippen molar-refractivity contribution in [2.45, 2.75) is 19.8 Å². The minimum atomic E-state index is -0.548. The largest absolute Gasteiger partial charge is 0.491 e. The van der Waals surface area contributed by atoms with Gasteiger partial charge in [0.05, 0.1) is 18.9 Å². The van der Waals surface area contributed by atoms with Gasteiger partial charge in [-0.25, -0.2) is 4.79 Å². The van der Waals surface area contributed by atoms with Crippen molar-refractivity contribution in [2.75, 3.05) is 18.5 Å². The SMILES string of the molecule is CCOC(=O)/C=C/C(=O)Nc1ccccc1OCCCc1ccccc1. The topological polar surface area (TPSA) is 64.6 Å². The number of esters is 1. The molecule has 2 rings (SSSR count). The van der Waals surface area contributed by atoms with Crippen LogP contribution in [0.15, 0.2) is 66.7 Å². The first kappa shape index (κ1) is 19.2. The number of hydrogen-bond donors (Lipinski definition) is 1. The molecule has 0 fully saturated rings. The molecule has 1 N–H and O–H groups in total. The Morgan fingerprint density at radius 1 is 1.00 bits per heavy atom. The van der Waals surface area contributed by atoms with Crippen LogP contribution in [0.5, 0.6) is 5.75 Å². The molecule has 26 heavy (non-hydrogen) atoms. The van der Waals surface area contributed by atoms with Crippen molar-refractivity contribution in [3.8, 4) is 5.75 Å². The van der Waals surface area contributed by atoms with Crippen molar-refractivity contribution >= 4 is 17.6 Å². The number of carbonyl (C=O) groups excluding carboxylic acids is 2. The molecule has 0 aliphatic carbocycles. The number of amides is 1. The van der Waals surface area contributed by atoms with Gasteiger partial charge in [-0.15, -0.1) is 0 Å². The molecule has 0 aromatic heterocycles. The molecular weight excluding hydrogens is 330 g/mol. The number of anilines is 1. The predicted octanol–water partition coefficient (Wildman–Crippen LogP) is 3.76. The first-order valence-electron chi connectivity index (χ1n) is 8.60. The minimum absolute atomic E-state index is 0.268. The molecule has 136 valence electrons. The zero-order valence-electron chi connectivity index (χ0n) is 14.8. The number of hydrogen-bond acceptors (Lipinski definition) is 4. The molecule has 0 heterocycles. The van der Waals surface area contributed by atoms with Crippen molar-refractivity contribution in [3.63, 3.8) is 0 Å². The van der Waals surface area contributed by atoms with E-state index in [2.05, 4.69) is 17.4 Å². The average molecular weight is 353 g/mol. The van der Waals surface area contributed by atoms with Crippen LogP contribution in [0.4, 0.5) is 5.69 Å². The molecule has 0 aliphatic rings. The number of para-hydroxylation sites is 2. The van der Waals surface area contributed by atoms with Crippen LogP contribution in [0.3, 0.4) is 0 Å². The molecule has 2 aromatic carbocycles. The maximum atomic E-state index is 11.9. The van der Waals surface area contributed by atoms with Crippen LogP contribution in [0, 0.1) is 0 Å². The molecule has 0 saturated heterocycles. The third-order valence-corrected chi connectivity index (χ3v) is 3.51. The molecule has 0 aliphatic heterocycles. The number of aryl methyl sites for hydroxylation is 1. The molecule has 0 spiro atoms. The van der Waals surface area contributed by atoms with E-state index in [-0.39, 0.29) is 6.61 Å². The van der Waals surface area contributed by atoms with Crippen LogP contribution in [-0.2, 0) is 20.7 Å². The lowest BCUT2D eigenvalue weighted by atomic mass is 10.1. The van der Waals surface area contributed by atoms with E-state index >= 15 is 0 Å². The first-order chi connectivity index (χ1) is 12.7. The van der Waals surface area contributed by atoms with Crippen molar-refractivity contribution < 1.29 is 19.1 Å². The van der Waals surface area contributed by atoms with Gasteiger partial charge in [-0.3, -0.25) is 4.79 Å². The van der Waals surface area contributed by atoms with Crippen LogP contribution in [0.1, 0.15) is 18.9 Å². The lowest BCUT2D eigenvalue weighted by molar-refractivity contribution is -0.137. The Bertz CT molecular complexity index is 741. The van der Waals surface area contributed by atoms with E-state index in [1.54, 1.807) is 19.1 Å². The standard InChI is InChI=1S/C21H23NO4/c1-2-25-21(24)15-14-20(23)22-18-12-6-7-13-19(18)26-16-8-11-17-9-4-3-5-10-17/h3-7,9-10,12-15H,2,8,11,16H2,1H3,(H,22,23)/b15-14+. The van der Waals surface area contributed by atoms with Crippen LogP contribution < -0.4 is 10.1 Å². The van der Waals surface area contributed by atoms with Crippen LogP contribution in [0.2, 0.25) is 0 Å². The van der Waals surface area contributed by atoms with Gasteiger partial charge in [0.25, 0.3) is 0 Å².